The molecule has 0 aliphatic heterocycles. The van der Waals surface area contributed by atoms with Crippen LogP contribution in [0.4, 0.5) is 0 Å². The molecule has 0 aromatic rings. The van der Waals surface area contributed by atoms with Crippen LogP contribution in [0.1, 0.15) is 278 Å². The normalized spacial score (nSPS) is 14.9. The van der Waals surface area contributed by atoms with Gasteiger partial charge in [0.05, 0.1) is 26.4 Å². The number of allylic oxidation sites excluding steroid dienone is 20. The molecule has 0 saturated heterocycles. The molecule has 0 aliphatic carbocycles. The second-order valence-corrected chi connectivity index (χ2v) is 26.5. The van der Waals surface area contributed by atoms with Crippen molar-refractivity contribution in [2.45, 2.75) is 296 Å². The summed E-state index contributed by atoms with van der Waals surface area (Å²) in [5.41, 5.74) is 0. The summed E-state index contributed by atoms with van der Waals surface area (Å²) in [6.07, 6.45) is 78.3. The van der Waals surface area contributed by atoms with Gasteiger partial charge in [0.2, 0.25) is 0 Å². The monoisotopic (exact) mass is 1350 g/mol. The number of hydrogen-bond donors (Lipinski definition) is 4. The lowest BCUT2D eigenvalue weighted by Crippen LogP contribution is -2.30. The van der Waals surface area contributed by atoms with Gasteiger partial charge >= 0.3 is 33.6 Å². The Morgan fingerprint density at radius 2 is 0.570 bits per heavy atom. The smallest absolute Gasteiger partial charge is 0.463 e. The predicted octanol–water partition coefficient (Wildman–Crippen LogP) is 20.2. The highest BCUT2D eigenvalue weighted by Crippen LogP contribution is 2.45. The quantitative estimate of drug-likeness (QED) is 0.0146. The standard InChI is InChI=1S/C75H128O16P2/c1-4-7-10-13-16-19-22-25-27-29-30-31-32-33-34-35-36-37-38-40-42-44-46-49-52-55-58-61-73(78)85-64-70(76)65-87-92(81,82)88-66-71(77)67-89-93(83,84)90-69-72(91-75(80)63-60-57-54-51-48-43-24-21-18-15-12-9-6-3)68-86-74(79)62-59-56-53-50-47-45-41-39-28-26-23-20-17-14-11-8-5-2/h7-8,10-12,15-17,19-21,24-28,30-31,33-34,70-72,76-77H,4-6,9,13-14,18,22-23,29,32,35-69H2,1-3H3,(H,81,82)(H,83,84)/b10-7-,11-8-,15-12-,19-16-,20-17-,24-21-,27-25-,28-26-,31-30-,34-33-. The van der Waals surface area contributed by atoms with E-state index in [0.29, 0.717) is 19.3 Å². The zero-order valence-electron chi connectivity index (χ0n) is 57.9. The number of carbonyl (C=O) groups excluding carboxylic acids is 3. The molecule has 16 nitrogen and oxygen atoms in total. The van der Waals surface area contributed by atoms with Gasteiger partial charge < -0.3 is 34.2 Å². The number of carbonyl (C=O) groups is 3. The molecular weight excluding hydrogens is 1220 g/mol. The van der Waals surface area contributed by atoms with Gasteiger partial charge in [0.15, 0.2) is 6.10 Å². The van der Waals surface area contributed by atoms with Gasteiger partial charge in [-0.1, -0.05) is 258 Å². The fourth-order valence-corrected chi connectivity index (χ4v) is 10.8. The molecule has 0 fully saturated rings. The molecule has 534 valence electrons. The van der Waals surface area contributed by atoms with Crippen LogP contribution < -0.4 is 0 Å². The Balaban J connectivity index is 4.52. The van der Waals surface area contributed by atoms with E-state index in [1.807, 2.05) is 0 Å². The van der Waals surface area contributed by atoms with Crippen LogP contribution in [0.3, 0.4) is 0 Å². The number of phosphoric acid groups is 2. The van der Waals surface area contributed by atoms with Crippen molar-refractivity contribution < 1.29 is 75.8 Å². The maximum absolute atomic E-state index is 12.9. The van der Waals surface area contributed by atoms with Crippen LogP contribution in [0.5, 0.6) is 0 Å². The van der Waals surface area contributed by atoms with Crippen molar-refractivity contribution in [3.63, 3.8) is 0 Å². The Kier molecular flexibility index (Phi) is 65.0. The minimum atomic E-state index is -4.93. The van der Waals surface area contributed by atoms with Crippen LogP contribution in [0.15, 0.2) is 122 Å². The first kappa shape index (κ1) is 89.0. The number of hydrogen-bond acceptors (Lipinski definition) is 14. The molecule has 0 aromatic heterocycles. The first-order valence-electron chi connectivity index (χ1n) is 35.8. The number of esters is 3. The van der Waals surface area contributed by atoms with Crippen molar-refractivity contribution in [3.8, 4) is 0 Å². The Labute approximate surface area is 563 Å². The van der Waals surface area contributed by atoms with Crippen LogP contribution in [-0.2, 0) is 55.8 Å². The van der Waals surface area contributed by atoms with Gasteiger partial charge in [0.25, 0.3) is 0 Å². The third-order valence-corrected chi connectivity index (χ3v) is 16.5. The molecule has 0 radical (unpaired) electrons. The summed E-state index contributed by atoms with van der Waals surface area (Å²) in [4.78, 5) is 58.4. The van der Waals surface area contributed by atoms with Gasteiger partial charge in [0, 0.05) is 19.3 Å². The van der Waals surface area contributed by atoms with Crippen molar-refractivity contribution in [2.75, 3.05) is 39.6 Å². The molecule has 5 unspecified atom stereocenters. The fourth-order valence-electron chi connectivity index (χ4n) is 9.24. The molecule has 0 aromatic carbocycles. The van der Waals surface area contributed by atoms with Crippen molar-refractivity contribution >= 4 is 33.6 Å². The zero-order chi connectivity index (χ0) is 68.1. The molecule has 0 rings (SSSR count). The van der Waals surface area contributed by atoms with E-state index < -0.39 is 91.5 Å². The molecule has 4 N–H and O–H groups in total. The third kappa shape index (κ3) is 69.1. The summed E-state index contributed by atoms with van der Waals surface area (Å²) in [5.74, 6) is -1.61. The largest absolute Gasteiger partial charge is 0.472 e. The van der Waals surface area contributed by atoms with Crippen LogP contribution >= 0.6 is 15.6 Å². The lowest BCUT2D eigenvalue weighted by atomic mass is 10.0. The summed E-state index contributed by atoms with van der Waals surface area (Å²) >= 11 is 0. The second-order valence-electron chi connectivity index (χ2n) is 23.6. The van der Waals surface area contributed by atoms with Crippen molar-refractivity contribution in [2.24, 2.45) is 0 Å². The number of aliphatic hydroxyl groups excluding tert-OH is 2. The number of ether oxygens (including phenoxy) is 3. The molecule has 0 spiro atoms. The molecule has 0 saturated carbocycles. The molecule has 0 bridgehead atoms. The maximum Gasteiger partial charge on any atom is 0.472 e. The number of aliphatic hydroxyl groups is 2. The fraction of sp³-hybridized carbons (Fsp3) is 0.693. The van der Waals surface area contributed by atoms with E-state index in [-0.39, 0.29) is 19.3 Å². The minimum Gasteiger partial charge on any atom is -0.463 e. The third-order valence-electron chi connectivity index (χ3n) is 14.6. The van der Waals surface area contributed by atoms with Crippen molar-refractivity contribution in [1.29, 1.82) is 0 Å². The van der Waals surface area contributed by atoms with Crippen molar-refractivity contribution in [1.82, 2.24) is 0 Å². The molecule has 93 heavy (non-hydrogen) atoms. The number of rotatable bonds is 67. The van der Waals surface area contributed by atoms with Gasteiger partial charge in [-0.2, -0.15) is 0 Å². The van der Waals surface area contributed by atoms with E-state index in [4.69, 9.17) is 32.3 Å². The average Bonchev–Trinajstić information content (AvgIpc) is 2.77. The zero-order valence-corrected chi connectivity index (χ0v) is 59.7. The topological polar surface area (TPSA) is 231 Å². The summed E-state index contributed by atoms with van der Waals surface area (Å²) in [5, 5.41) is 20.6. The lowest BCUT2D eigenvalue weighted by Gasteiger charge is -2.21. The van der Waals surface area contributed by atoms with E-state index in [9.17, 15) is 43.5 Å². The van der Waals surface area contributed by atoms with E-state index >= 15 is 0 Å². The Hall–Kier alpha value is -4.05. The van der Waals surface area contributed by atoms with Crippen LogP contribution in [-0.4, -0.2) is 95.9 Å². The highest BCUT2D eigenvalue weighted by molar-refractivity contribution is 7.47. The molecule has 18 heteroatoms. The van der Waals surface area contributed by atoms with Crippen LogP contribution in [0, 0.1) is 0 Å². The average molecular weight is 1350 g/mol. The maximum atomic E-state index is 12.9. The van der Waals surface area contributed by atoms with E-state index in [1.54, 1.807) is 0 Å². The summed E-state index contributed by atoms with van der Waals surface area (Å²) in [7, 11) is -9.79. The van der Waals surface area contributed by atoms with Gasteiger partial charge in [-0.3, -0.25) is 32.5 Å². The van der Waals surface area contributed by atoms with E-state index in [2.05, 4.69) is 142 Å². The lowest BCUT2D eigenvalue weighted by molar-refractivity contribution is -0.161. The van der Waals surface area contributed by atoms with Gasteiger partial charge in [-0.05, 0) is 122 Å². The van der Waals surface area contributed by atoms with Crippen LogP contribution in [0.25, 0.3) is 0 Å². The summed E-state index contributed by atoms with van der Waals surface area (Å²) in [6.45, 7) is 2.35. The summed E-state index contributed by atoms with van der Waals surface area (Å²) in [6, 6.07) is 0. The summed E-state index contributed by atoms with van der Waals surface area (Å²) < 4.78 is 60.9. The molecular formula is C75H128O16P2. The van der Waals surface area contributed by atoms with E-state index in [1.165, 1.54) is 44.9 Å². The van der Waals surface area contributed by atoms with Crippen LogP contribution in [0.2, 0.25) is 0 Å². The van der Waals surface area contributed by atoms with Gasteiger partial charge in [-0.25, -0.2) is 9.13 Å². The molecule has 0 aliphatic rings. The number of unbranched alkanes of at least 4 members (excludes halogenated alkanes) is 24. The molecule has 5 atom stereocenters. The van der Waals surface area contributed by atoms with Gasteiger partial charge in [0.1, 0.15) is 25.4 Å². The first-order valence-corrected chi connectivity index (χ1v) is 38.8. The highest BCUT2D eigenvalue weighted by Gasteiger charge is 2.29. The molecule has 0 heterocycles. The van der Waals surface area contributed by atoms with Gasteiger partial charge in [-0.15, -0.1) is 0 Å². The Morgan fingerprint density at radius 3 is 0.903 bits per heavy atom. The van der Waals surface area contributed by atoms with Crippen molar-refractivity contribution in [3.05, 3.63) is 122 Å². The Morgan fingerprint density at radius 1 is 0.312 bits per heavy atom. The number of phosphoric ester groups is 2. The first-order chi connectivity index (χ1) is 45.2. The Bertz CT molecular complexity index is 2180. The molecule has 0 amide bonds. The second kappa shape index (κ2) is 67.9. The predicted molar refractivity (Wildman–Crippen MR) is 380 cm³/mol. The SMILES string of the molecule is CC/C=C\C/C=C\C/C=C\C/C=C\C/C=C\CCCCCCCCCCCCCC(=O)OCC(O)COP(=O)(O)OCC(O)COP(=O)(O)OCC(COC(=O)CCCCCCCCC/C=C\C/C=C\C/C=C\CC)OC(=O)CCCCCCC/C=C\C/C=C\CCC. The minimum absolute atomic E-state index is 0.0842. The highest BCUT2D eigenvalue weighted by atomic mass is 31.2. The van der Waals surface area contributed by atoms with E-state index in [0.717, 1.165) is 173 Å².